The van der Waals surface area contributed by atoms with Gasteiger partial charge in [-0.05, 0) is 0 Å². The van der Waals surface area contributed by atoms with Crippen molar-refractivity contribution >= 4 is 11.8 Å². The minimum absolute atomic E-state index is 0.372. The van der Waals surface area contributed by atoms with Crippen LogP contribution in [0.4, 0.5) is 13.2 Å². The van der Waals surface area contributed by atoms with Gasteiger partial charge in [-0.15, -0.1) is 0 Å². The van der Waals surface area contributed by atoms with Crippen molar-refractivity contribution in [2.75, 3.05) is 0 Å². The fraction of sp³-hybridized carbons (Fsp3) is 0.200. The molecule has 0 amide bonds. The summed E-state index contributed by atoms with van der Waals surface area (Å²) in [4.78, 5) is 21.4. The Hall–Kier alpha value is -1.85. The second kappa shape index (κ2) is 4.78. The summed E-state index contributed by atoms with van der Waals surface area (Å²) in [5.41, 5.74) is -0.900. The lowest BCUT2D eigenvalue weighted by atomic mass is 10.1. The van der Waals surface area contributed by atoms with Crippen LogP contribution in [-0.4, -0.2) is 16.9 Å². The van der Waals surface area contributed by atoms with Crippen molar-refractivity contribution in [2.24, 2.45) is 0 Å². The van der Waals surface area contributed by atoms with Crippen LogP contribution in [0, 0.1) is 17.5 Å². The number of hydrogen-bond donors (Lipinski definition) is 1. The maximum atomic E-state index is 13.0. The first-order valence-electron chi connectivity index (χ1n) is 4.31. The Morgan fingerprint density at radius 3 is 2.00 bits per heavy atom. The van der Waals surface area contributed by atoms with Crippen molar-refractivity contribution < 1.29 is 27.9 Å². The van der Waals surface area contributed by atoms with Crippen LogP contribution < -0.4 is 0 Å². The number of Topliss-reactive ketones (excluding diaryl/α,β-unsaturated/α-hetero) is 1. The molecule has 1 aromatic carbocycles. The Bertz CT molecular complexity index is 420. The van der Waals surface area contributed by atoms with Gasteiger partial charge in [0, 0.05) is 18.6 Å². The first kappa shape index (κ1) is 12.2. The molecule has 0 bridgehead atoms. The lowest BCUT2D eigenvalue weighted by Gasteiger charge is -2.03. The largest absolute Gasteiger partial charge is 0.481 e. The van der Waals surface area contributed by atoms with Gasteiger partial charge in [-0.25, -0.2) is 13.2 Å². The Balaban J connectivity index is 2.95. The summed E-state index contributed by atoms with van der Waals surface area (Å²) in [6.07, 6.45) is -1.07. The summed E-state index contributed by atoms with van der Waals surface area (Å²) < 4.78 is 38.6. The molecule has 0 spiro atoms. The maximum absolute atomic E-state index is 13.0. The highest BCUT2D eigenvalue weighted by atomic mass is 19.1. The summed E-state index contributed by atoms with van der Waals surface area (Å²) in [7, 11) is 0. The number of halogens is 3. The van der Waals surface area contributed by atoms with Crippen LogP contribution in [0.5, 0.6) is 0 Å². The van der Waals surface area contributed by atoms with Gasteiger partial charge >= 0.3 is 5.97 Å². The van der Waals surface area contributed by atoms with Crippen LogP contribution >= 0.6 is 0 Å². The Morgan fingerprint density at radius 2 is 1.56 bits per heavy atom. The van der Waals surface area contributed by atoms with Crippen LogP contribution in [-0.2, 0) is 4.79 Å². The second-order valence-electron chi connectivity index (χ2n) is 3.06. The van der Waals surface area contributed by atoms with Gasteiger partial charge in [0.05, 0.1) is 12.0 Å². The lowest BCUT2D eigenvalue weighted by molar-refractivity contribution is -0.136. The second-order valence-corrected chi connectivity index (χ2v) is 3.06. The summed E-state index contributed by atoms with van der Waals surface area (Å²) in [6.45, 7) is 0. The fourth-order valence-electron chi connectivity index (χ4n) is 1.15. The molecule has 0 aliphatic carbocycles. The molecule has 0 aromatic heterocycles. The third kappa shape index (κ3) is 2.82. The molecule has 86 valence electrons. The van der Waals surface area contributed by atoms with Crippen LogP contribution in [0.3, 0.4) is 0 Å². The Morgan fingerprint density at radius 1 is 1.06 bits per heavy atom. The molecule has 16 heavy (non-hydrogen) atoms. The fourth-order valence-corrected chi connectivity index (χ4v) is 1.15. The van der Waals surface area contributed by atoms with Gasteiger partial charge < -0.3 is 5.11 Å². The number of carboxylic acid groups (broad SMARTS) is 1. The molecule has 1 N–H and O–H groups in total. The molecule has 0 saturated heterocycles. The average molecular weight is 232 g/mol. The lowest BCUT2D eigenvalue weighted by Crippen LogP contribution is -2.09. The molecule has 0 aliphatic rings. The number of aliphatic carboxylic acids is 1. The average Bonchev–Trinajstić information content (AvgIpc) is 2.12. The molecule has 0 saturated carbocycles. The number of hydrogen-bond acceptors (Lipinski definition) is 2. The summed E-state index contributed by atoms with van der Waals surface area (Å²) in [6, 6.07) is 0.744. The topological polar surface area (TPSA) is 54.4 Å². The minimum atomic E-state index is -1.33. The maximum Gasteiger partial charge on any atom is 0.303 e. The van der Waals surface area contributed by atoms with E-state index in [1.807, 2.05) is 0 Å². The number of benzene rings is 1. The first-order valence-corrected chi connectivity index (χ1v) is 4.31. The normalized spacial score (nSPS) is 10.2. The number of rotatable bonds is 4. The van der Waals surface area contributed by atoms with Crippen molar-refractivity contribution in [3.63, 3.8) is 0 Å². The van der Waals surface area contributed by atoms with Gasteiger partial charge in [-0.1, -0.05) is 0 Å². The van der Waals surface area contributed by atoms with Crippen LogP contribution in [0.2, 0.25) is 0 Å². The minimum Gasteiger partial charge on any atom is -0.481 e. The highest BCUT2D eigenvalue weighted by Crippen LogP contribution is 2.17. The standard InChI is InChI=1S/C10H7F3O3/c11-5-3-6(12)10(7(13)4-5)8(14)1-2-9(15)16/h3-4H,1-2H2,(H,15,16). The third-order valence-electron chi connectivity index (χ3n) is 1.85. The van der Waals surface area contributed by atoms with Crippen LogP contribution in [0.15, 0.2) is 12.1 Å². The zero-order chi connectivity index (χ0) is 12.3. The third-order valence-corrected chi connectivity index (χ3v) is 1.85. The predicted octanol–water partition coefficient (Wildman–Crippen LogP) is 2.15. The predicted molar refractivity (Wildman–Crippen MR) is 47.5 cm³/mol. The molecule has 0 radical (unpaired) electrons. The monoisotopic (exact) mass is 232 g/mol. The SMILES string of the molecule is O=C(O)CCC(=O)c1c(F)cc(F)cc1F. The van der Waals surface area contributed by atoms with E-state index < -0.39 is 47.6 Å². The molecule has 0 fully saturated rings. The van der Waals surface area contributed by atoms with Crippen molar-refractivity contribution in [3.8, 4) is 0 Å². The summed E-state index contributed by atoms with van der Waals surface area (Å²) in [5, 5.41) is 8.29. The molecular weight excluding hydrogens is 225 g/mol. The summed E-state index contributed by atoms with van der Waals surface area (Å²) in [5.74, 6) is -6.04. The highest BCUT2D eigenvalue weighted by Gasteiger charge is 2.19. The summed E-state index contributed by atoms with van der Waals surface area (Å²) >= 11 is 0. The van der Waals surface area contributed by atoms with Gasteiger partial charge in [0.25, 0.3) is 0 Å². The van der Waals surface area contributed by atoms with Gasteiger partial charge in [0.1, 0.15) is 17.5 Å². The Labute approximate surface area is 88.5 Å². The van der Waals surface area contributed by atoms with Crippen molar-refractivity contribution in [1.82, 2.24) is 0 Å². The van der Waals surface area contributed by atoms with Gasteiger partial charge in [0.2, 0.25) is 0 Å². The number of carbonyl (C=O) groups is 2. The number of carbonyl (C=O) groups excluding carboxylic acids is 1. The van der Waals surface area contributed by atoms with Crippen molar-refractivity contribution in [3.05, 3.63) is 35.1 Å². The van der Waals surface area contributed by atoms with E-state index in [2.05, 4.69) is 0 Å². The molecule has 0 unspecified atom stereocenters. The molecule has 1 aromatic rings. The molecule has 6 heteroatoms. The van der Waals surface area contributed by atoms with E-state index in [9.17, 15) is 22.8 Å². The van der Waals surface area contributed by atoms with E-state index in [0.29, 0.717) is 12.1 Å². The van der Waals surface area contributed by atoms with E-state index >= 15 is 0 Å². The number of carboxylic acids is 1. The zero-order valence-electron chi connectivity index (χ0n) is 7.97. The molecule has 0 aliphatic heterocycles. The molecule has 0 heterocycles. The first-order chi connectivity index (χ1) is 7.41. The van der Waals surface area contributed by atoms with E-state index in [0.717, 1.165) is 0 Å². The van der Waals surface area contributed by atoms with Crippen LogP contribution in [0.1, 0.15) is 23.2 Å². The van der Waals surface area contributed by atoms with Crippen molar-refractivity contribution in [1.29, 1.82) is 0 Å². The van der Waals surface area contributed by atoms with Crippen LogP contribution in [0.25, 0.3) is 0 Å². The molecule has 1 rings (SSSR count). The van der Waals surface area contributed by atoms with E-state index in [1.54, 1.807) is 0 Å². The van der Waals surface area contributed by atoms with Gasteiger partial charge in [-0.2, -0.15) is 0 Å². The van der Waals surface area contributed by atoms with Gasteiger partial charge in [0.15, 0.2) is 5.78 Å². The van der Waals surface area contributed by atoms with E-state index in [-0.39, 0.29) is 0 Å². The zero-order valence-corrected chi connectivity index (χ0v) is 7.97. The van der Waals surface area contributed by atoms with E-state index in [4.69, 9.17) is 5.11 Å². The van der Waals surface area contributed by atoms with Crippen molar-refractivity contribution in [2.45, 2.75) is 12.8 Å². The smallest absolute Gasteiger partial charge is 0.303 e. The quantitative estimate of drug-likeness (QED) is 0.809. The Kier molecular flexibility index (Phi) is 3.65. The molecule has 3 nitrogen and oxygen atoms in total. The highest BCUT2D eigenvalue weighted by molar-refractivity contribution is 5.97. The van der Waals surface area contributed by atoms with E-state index in [1.165, 1.54) is 0 Å². The van der Waals surface area contributed by atoms with Gasteiger partial charge in [-0.3, -0.25) is 9.59 Å². The molecular formula is C10H7F3O3. The number of ketones is 1. The molecule has 0 atom stereocenters.